The van der Waals surface area contributed by atoms with Crippen molar-refractivity contribution in [2.45, 2.75) is 25.4 Å². The Bertz CT molecular complexity index is 135. The SMILES string of the molecule is CC(O)(CCOP)CC(=O)[O-]. The van der Waals surface area contributed by atoms with Gasteiger partial charge in [0.15, 0.2) is 0 Å². The second kappa shape index (κ2) is 4.65. The molecule has 0 aliphatic carbocycles. The molecule has 0 aliphatic heterocycles. The van der Waals surface area contributed by atoms with Crippen LogP contribution < -0.4 is 5.11 Å². The van der Waals surface area contributed by atoms with Crippen LogP contribution in [0.1, 0.15) is 19.8 Å². The predicted octanol–water partition coefficient (Wildman–Crippen LogP) is -0.926. The van der Waals surface area contributed by atoms with Gasteiger partial charge < -0.3 is 19.5 Å². The van der Waals surface area contributed by atoms with Crippen molar-refractivity contribution in [3.05, 3.63) is 0 Å². The van der Waals surface area contributed by atoms with Gasteiger partial charge in [-0.15, -0.1) is 0 Å². The Labute approximate surface area is 67.8 Å². The van der Waals surface area contributed by atoms with Crippen LogP contribution in [0.2, 0.25) is 0 Å². The molecule has 0 spiro atoms. The molecular formula is C6H12O4P-. The second-order valence-corrected chi connectivity index (χ2v) is 3.00. The maximum absolute atomic E-state index is 10.1. The highest BCUT2D eigenvalue weighted by atomic mass is 31.0. The summed E-state index contributed by atoms with van der Waals surface area (Å²) in [4.78, 5) is 10.1. The average Bonchev–Trinajstić information content (AvgIpc) is 1.81. The van der Waals surface area contributed by atoms with Crippen molar-refractivity contribution in [3.8, 4) is 0 Å². The van der Waals surface area contributed by atoms with E-state index in [0.717, 1.165) is 0 Å². The summed E-state index contributed by atoms with van der Waals surface area (Å²) in [6.45, 7) is 1.75. The molecule has 0 bridgehead atoms. The highest BCUT2D eigenvalue weighted by molar-refractivity contribution is 7.09. The van der Waals surface area contributed by atoms with Crippen LogP contribution in [0.4, 0.5) is 0 Å². The van der Waals surface area contributed by atoms with Crippen LogP contribution >= 0.6 is 9.47 Å². The average molecular weight is 179 g/mol. The number of carbonyl (C=O) groups is 1. The summed E-state index contributed by atoms with van der Waals surface area (Å²) in [6.07, 6.45) is -0.0779. The molecule has 0 aliphatic rings. The van der Waals surface area contributed by atoms with Gasteiger partial charge in [-0.25, -0.2) is 0 Å². The Kier molecular flexibility index (Phi) is 4.57. The molecule has 0 aromatic rings. The Morgan fingerprint density at radius 2 is 2.36 bits per heavy atom. The minimum Gasteiger partial charge on any atom is -0.550 e. The minimum absolute atomic E-state index is 0.282. The van der Waals surface area contributed by atoms with Crippen molar-refractivity contribution >= 4 is 15.4 Å². The first-order valence-electron chi connectivity index (χ1n) is 3.22. The van der Waals surface area contributed by atoms with Crippen molar-refractivity contribution in [1.29, 1.82) is 0 Å². The topological polar surface area (TPSA) is 69.6 Å². The zero-order chi connectivity index (χ0) is 8.91. The molecule has 66 valence electrons. The van der Waals surface area contributed by atoms with Crippen LogP contribution in [-0.2, 0) is 9.32 Å². The van der Waals surface area contributed by atoms with Gasteiger partial charge in [-0.1, -0.05) is 0 Å². The summed E-state index contributed by atoms with van der Waals surface area (Å²) in [6, 6.07) is 0. The Balaban J connectivity index is 3.70. The van der Waals surface area contributed by atoms with Gasteiger partial charge in [0.2, 0.25) is 0 Å². The van der Waals surface area contributed by atoms with Crippen LogP contribution in [0.25, 0.3) is 0 Å². The largest absolute Gasteiger partial charge is 0.550 e. The Morgan fingerprint density at radius 1 is 1.82 bits per heavy atom. The molecule has 4 nitrogen and oxygen atoms in total. The van der Waals surface area contributed by atoms with Gasteiger partial charge in [-0.3, -0.25) is 0 Å². The molecule has 2 unspecified atom stereocenters. The molecule has 0 heterocycles. The normalized spacial score (nSPS) is 15.9. The molecular weight excluding hydrogens is 167 g/mol. The molecule has 1 N–H and O–H groups in total. The van der Waals surface area contributed by atoms with E-state index >= 15 is 0 Å². The number of rotatable bonds is 5. The molecule has 0 radical (unpaired) electrons. The van der Waals surface area contributed by atoms with Crippen LogP contribution in [0.15, 0.2) is 0 Å². The molecule has 2 atom stereocenters. The number of carboxylic acid groups (broad SMARTS) is 1. The first-order chi connectivity index (χ1) is 4.98. The summed E-state index contributed by atoms with van der Waals surface area (Å²) in [5.74, 6) is -1.25. The summed E-state index contributed by atoms with van der Waals surface area (Å²) < 4.78 is 4.60. The van der Waals surface area contributed by atoms with Gasteiger partial charge in [0.25, 0.3) is 0 Å². The Morgan fingerprint density at radius 3 is 2.73 bits per heavy atom. The lowest BCUT2D eigenvalue weighted by molar-refractivity contribution is -0.309. The van der Waals surface area contributed by atoms with Crippen molar-refractivity contribution in [3.63, 3.8) is 0 Å². The number of hydrogen-bond acceptors (Lipinski definition) is 4. The van der Waals surface area contributed by atoms with Crippen LogP contribution in [0.5, 0.6) is 0 Å². The third-order valence-corrected chi connectivity index (χ3v) is 1.52. The van der Waals surface area contributed by atoms with Crippen molar-refractivity contribution in [2.75, 3.05) is 6.61 Å². The zero-order valence-electron chi connectivity index (χ0n) is 6.37. The molecule has 0 saturated carbocycles. The van der Waals surface area contributed by atoms with Crippen molar-refractivity contribution in [2.24, 2.45) is 0 Å². The van der Waals surface area contributed by atoms with Crippen molar-refractivity contribution in [1.82, 2.24) is 0 Å². The van der Waals surface area contributed by atoms with Gasteiger partial charge in [0.1, 0.15) is 0 Å². The molecule has 0 aromatic carbocycles. The number of carboxylic acids is 1. The third kappa shape index (κ3) is 6.23. The molecule has 0 rings (SSSR count). The van der Waals surface area contributed by atoms with Gasteiger partial charge in [-0.2, -0.15) is 0 Å². The molecule has 0 fully saturated rings. The fourth-order valence-corrected chi connectivity index (χ4v) is 0.796. The van der Waals surface area contributed by atoms with E-state index in [0.29, 0.717) is 6.61 Å². The summed E-state index contributed by atoms with van der Waals surface area (Å²) in [7, 11) is 2.03. The third-order valence-electron chi connectivity index (χ3n) is 1.28. The molecule has 11 heavy (non-hydrogen) atoms. The van der Waals surface area contributed by atoms with E-state index in [2.05, 4.69) is 4.52 Å². The van der Waals surface area contributed by atoms with E-state index in [1.165, 1.54) is 6.92 Å². The molecule has 5 heteroatoms. The minimum atomic E-state index is -1.25. The molecule has 0 saturated heterocycles. The Hall–Kier alpha value is -0.180. The van der Waals surface area contributed by atoms with E-state index < -0.39 is 11.6 Å². The van der Waals surface area contributed by atoms with E-state index in [4.69, 9.17) is 0 Å². The summed E-state index contributed by atoms with van der Waals surface area (Å²) >= 11 is 0. The van der Waals surface area contributed by atoms with Crippen LogP contribution in [0.3, 0.4) is 0 Å². The first-order valence-corrected chi connectivity index (χ1v) is 3.69. The standard InChI is InChI=1S/C6H13O4P/c1-6(9,2-3-10-11)4-5(7)8/h9H,2-4,11H2,1H3,(H,7,8)/p-1. The van der Waals surface area contributed by atoms with Gasteiger partial charge in [0, 0.05) is 21.9 Å². The maximum atomic E-state index is 10.1. The van der Waals surface area contributed by atoms with Gasteiger partial charge >= 0.3 is 0 Å². The summed E-state index contributed by atoms with van der Waals surface area (Å²) in [5, 5.41) is 19.4. The number of aliphatic hydroxyl groups is 1. The lowest BCUT2D eigenvalue weighted by atomic mass is 9.99. The lowest BCUT2D eigenvalue weighted by Crippen LogP contribution is -2.35. The van der Waals surface area contributed by atoms with Gasteiger partial charge in [-0.05, 0) is 13.3 Å². The summed E-state index contributed by atoms with van der Waals surface area (Å²) in [5.41, 5.74) is -1.23. The lowest BCUT2D eigenvalue weighted by Gasteiger charge is -2.22. The van der Waals surface area contributed by atoms with Crippen LogP contribution in [-0.4, -0.2) is 23.3 Å². The quantitative estimate of drug-likeness (QED) is 0.554. The highest BCUT2D eigenvalue weighted by Gasteiger charge is 2.19. The van der Waals surface area contributed by atoms with E-state index in [-0.39, 0.29) is 12.8 Å². The zero-order valence-corrected chi connectivity index (χ0v) is 7.53. The van der Waals surface area contributed by atoms with Crippen LogP contribution in [0, 0.1) is 0 Å². The predicted molar refractivity (Wildman–Crippen MR) is 40.5 cm³/mol. The maximum Gasteiger partial charge on any atom is 0.0693 e. The van der Waals surface area contributed by atoms with E-state index in [1.807, 2.05) is 9.47 Å². The smallest absolute Gasteiger partial charge is 0.0693 e. The molecule has 0 amide bonds. The number of hydrogen-bond donors (Lipinski definition) is 1. The van der Waals surface area contributed by atoms with E-state index in [1.54, 1.807) is 0 Å². The second-order valence-electron chi connectivity index (χ2n) is 2.67. The highest BCUT2D eigenvalue weighted by Crippen LogP contribution is 2.13. The number of carbonyl (C=O) groups excluding carboxylic acids is 1. The molecule has 0 aromatic heterocycles. The van der Waals surface area contributed by atoms with Gasteiger partial charge in [0.05, 0.1) is 12.2 Å². The van der Waals surface area contributed by atoms with E-state index in [9.17, 15) is 15.0 Å². The fraction of sp³-hybridized carbons (Fsp3) is 0.833. The van der Waals surface area contributed by atoms with Crippen molar-refractivity contribution < 1.29 is 19.5 Å². The first kappa shape index (κ1) is 10.8. The number of aliphatic carboxylic acids is 1. The fourth-order valence-electron chi connectivity index (χ4n) is 0.678. The monoisotopic (exact) mass is 179 g/mol.